The van der Waals surface area contributed by atoms with Gasteiger partial charge in [0.2, 0.25) is 0 Å². The van der Waals surface area contributed by atoms with Crippen LogP contribution in [0.2, 0.25) is 0 Å². The van der Waals surface area contributed by atoms with Crippen molar-refractivity contribution in [2.45, 2.75) is 13.0 Å². The predicted molar refractivity (Wildman–Crippen MR) is 79.6 cm³/mol. The van der Waals surface area contributed by atoms with Crippen LogP contribution in [0, 0.1) is 0 Å². The van der Waals surface area contributed by atoms with Crippen molar-refractivity contribution < 1.29 is 9.59 Å². The van der Waals surface area contributed by atoms with Gasteiger partial charge in [-0.25, -0.2) is 0 Å². The summed E-state index contributed by atoms with van der Waals surface area (Å²) in [6.07, 6.45) is 0. The largest absolute Gasteiger partial charge is 0.368 e. The number of Topliss-reactive ketones (excluding diaryl/α,β-unsaturated/α-hetero) is 1. The average Bonchev–Trinajstić information content (AvgIpc) is 2.46. The topological polar surface area (TPSA) is 58.2 Å². The first kappa shape index (κ1) is 13.8. The molecule has 102 valence electrons. The van der Waals surface area contributed by atoms with Gasteiger partial charge < -0.3 is 10.6 Å². The first-order valence-corrected chi connectivity index (χ1v) is 6.35. The second-order valence-corrected chi connectivity index (χ2v) is 4.41. The van der Waals surface area contributed by atoms with Gasteiger partial charge in [-0.3, -0.25) is 9.59 Å². The Hall–Kier alpha value is -2.62. The first-order valence-electron chi connectivity index (χ1n) is 6.35. The van der Waals surface area contributed by atoms with Gasteiger partial charge >= 0.3 is 0 Å². The van der Waals surface area contributed by atoms with E-state index in [1.165, 1.54) is 6.92 Å². The number of anilines is 2. The quantitative estimate of drug-likeness (QED) is 0.820. The summed E-state index contributed by atoms with van der Waals surface area (Å²) in [5, 5.41) is 5.66. The van der Waals surface area contributed by atoms with Crippen LogP contribution in [0.5, 0.6) is 0 Å². The van der Waals surface area contributed by atoms with Crippen LogP contribution in [0.1, 0.15) is 6.92 Å². The number of carbonyl (C=O) groups is 2. The van der Waals surface area contributed by atoms with Crippen molar-refractivity contribution in [3.8, 4) is 0 Å². The van der Waals surface area contributed by atoms with E-state index in [-0.39, 0.29) is 11.7 Å². The van der Waals surface area contributed by atoms with Crippen molar-refractivity contribution in [3.05, 3.63) is 60.7 Å². The van der Waals surface area contributed by atoms with Gasteiger partial charge in [0, 0.05) is 11.4 Å². The zero-order chi connectivity index (χ0) is 14.4. The minimum Gasteiger partial charge on any atom is -0.368 e. The van der Waals surface area contributed by atoms with Crippen LogP contribution < -0.4 is 10.6 Å². The lowest BCUT2D eigenvalue weighted by molar-refractivity contribution is -0.125. The summed E-state index contributed by atoms with van der Waals surface area (Å²) in [5.74, 6) is -0.602. The lowest BCUT2D eigenvalue weighted by Gasteiger charge is -2.16. The molecule has 4 nitrogen and oxygen atoms in total. The summed E-state index contributed by atoms with van der Waals surface area (Å²) in [4.78, 5) is 23.8. The summed E-state index contributed by atoms with van der Waals surface area (Å²) in [7, 11) is 0. The van der Waals surface area contributed by atoms with Gasteiger partial charge in [-0.05, 0) is 31.2 Å². The van der Waals surface area contributed by atoms with Crippen LogP contribution in [0.15, 0.2) is 60.7 Å². The molecule has 20 heavy (non-hydrogen) atoms. The standard InChI is InChI=1S/C16H16N2O2/c1-12(19)15(17-13-8-4-2-5-9-13)16(20)18-14-10-6-3-7-11-14/h2-11,15,17H,1H3,(H,18,20). The molecular weight excluding hydrogens is 252 g/mol. The highest BCUT2D eigenvalue weighted by Crippen LogP contribution is 2.10. The van der Waals surface area contributed by atoms with E-state index >= 15 is 0 Å². The third kappa shape index (κ3) is 3.68. The summed E-state index contributed by atoms with van der Waals surface area (Å²) >= 11 is 0. The number of carbonyl (C=O) groups excluding carboxylic acids is 2. The normalized spacial score (nSPS) is 11.4. The van der Waals surface area contributed by atoms with Gasteiger partial charge in [0.25, 0.3) is 5.91 Å². The van der Waals surface area contributed by atoms with E-state index in [2.05, 4.69) is 10.6 Å². The Bertz CT molecular complexity index is 582. The molecule has 0 saturated heterocycles. The van der Waals surface area contributed by atoms with Gasteiger partial charge in [-0.2, -0.15) is 0 Å². The Balaban J connectivity index is 2.09. The summed E-state index contributed by atoms with van der Waals surface area (Å²) in [6, 6.07) is 17.3. The number of benzene rings is 2. The summed E-state index contributed by atoms with van der Waals surface area (Å²) < 4.78 is 0. The van der Waals surface area contributed by atoms with Gasteiger partial charge in [0.05, 0.1) is 0 Å². The van der Waals surface area contributed by atoms with E-state index < -0.39 is 6.04 Å². The number of nitrogens with one attached hydrogen (secondary N) is 2. The van der Waals surface area contributed by atoms with Gasteiger partial charge in [-0.15, -0.1) is 0 Å². The molecule has 0 fully saturated rings. The fourth-order valence-electron chi connectivity index (χ4n) is 1.79. The van der Waals surface area contributed by atoms with Gasteiger partial charge in [0.15, 0.2) is 11.8 Å². The van der Waals surface area contributed by atoms with Crippen molar-refractivity contribution in [3.63, 3.8) is 0 Å². The number of ketones is 1. The minimum atomic E-state index is -0.905. The van der Waals surface area contributed by atoms with E-state index in [9.17, 15) is 9.59 Å². The molecule has 1 unspecified atom stereocenters. The molecule has 0 aliphatic heterocycles. The van der Waals surface area contributed by atoms with Crippen molar-refractivity contribution in [2.24, 2.45) is 0 Å². The molecule has 0 spiro atoms. The lowest BCUT2D eigenvalue weighted by atomic mass is 10.1. The van der Waals surface area contributed by atoms with Crippen LogP contribution in [0.25, 0.3) is 0 Å². The molecule has 1 amide bonds. The molecule has 0 heterocycles. The third-order valence-corrected chi connectivity index (χ3v) is 2.79. The highest BCUT2D eigenvalue weighted by molar-refractivity contribution is 6.12. The summed E-state index contributed by atoms with van der Waals surface area (Å²) in [6.45, 7) is 1.39. The Morgan fingerprint density at radius 1 is 0.850 bits per heavy atom. The zero-order valence-electron chi connectivity index (χ0n) is 11.2. The Morgan fingerprint density at radius 2 is 1.35 bits per heavy atom. The molecule has 0 radical (unpaired) electrons. The number of hydrogen-bond acceptors (Lipinski definition) is 3. The maximum Gasteiger partial charge on any atom is 0.254 e. The molecular formula is C16H16N2O2. The van der Waals surface area contributed by atoms with Crippen molar-refractivity contribution in [1.82, 2.24) is 0 Å². The molecule has 2 aromatic rings. The maximum absolute atomic E-state index is 12.2. The van der Waals surface area contributed by atoms with Gasteiger partial charge in [0.1, 0.15) is 0 Å². The number of para-hydroxylation sites is 2. The number of amides is 1. The number of rotatable bonds is 5. The molecule has 2 N–H and O–H groups in total. The zero-order valence-corrected chi connectivity index (χ0v) is 11.2. The highest BCUT2D eigenvalue weighted by Gasteiger charge is 2.23. The van der Waals surface area contributed by atoms with Crippen molar-refractivity contribution >= 4 is 23.1 Å². The molecule has 0 saturated carbocycles. The second kappa shape index (κ2) is 6.52. The average molecular weight is 268 g/mol. The van der Waals surface area contributed by atoms with E-state index in [1.807, 2.05) is 48.5 Å². The molecule has 0 aliphatic carbocycles. The van der Waals surface area contributed by atoms with Gasteiger partial charge in [-0.1, -0.05) is 36.4 Å². The van der Waals surface area contributed by atoms with E-state index in [4.69, 9.17) is 0 Å². The van der Waals surface area contributed by atoms with Crippen LogP contribution in [0.3, 0.4) is 0 Å². The van der Waals surface area contributed by atoms with Crippen LogP contribution in [-0.2, 0) is 9.59 Å². The predicted octanol–water partition coefficient (Wildman–Crippen LogP) is 2.69. The smallest absolute Gasteiger partial charge is 0.254 e. The van der Waals surface area contributed by atoms with Crippen molar-refractivity contribution in [2.75, 3.05) is 10.6 Å². The Labute approximate surface area is 117 Å². The Morgan fingerprint density at radius 3 is 1.85 bits per heavy atom. The fraction of sp³-hybridized carbons (Fsp3) is 0.125. The van der Waals surface area contributed by atoms with Crippen LogP contribution >= 0.6 is 0 Å². The monoisotopic (exact) mass is 268 g/mol. The molecule has 1 atom stereocenters. The number of hydrogen-bond donors (Lipinski definition) is 2. The molecule has 2 rings (SSSR count). The molecule has 0 bridgehead atoms. The SMILES string of the molecule is CC(=O)C(Nc1ccccc1)C(=O)Nc1ccccc1. The van der Waals surface area contributed by atoms with Crippen LogP contribution in [-0.4, -0.2) is 17.7 Å². The fourth-order valence-corrected chi connectivity index (χ4v) is 1.79. The molecule has 2 aromatic carbocycles. The molecule has 0 aliphatic rings. The third-order valence-electron chi connectivity index (χ3n) is 2.79. The molecule has 4 heteroatoms. The maximum atomic E-state index is 12.2. The van der Waals surface area contributed by atoms with Crippen molar-refractivity contribution in [1.29, 1.82) is 0 Å². The van der Waals surface area contributed by atoms with E-state index in [0.717, 1.165) is 5.69 Å². The molecule has 0 aromatic heterocycles. The minimum absolute atomic E-state index is 0.234. The summed E-state index contributed by atoms with van der Waals surface area (Å²) in [5.41, 5.74) is 1.40. The first-order chi connectivity index (χ1) is 9.66. The highest BCUT2D eigenvalue weighted by atomic mass is 16.2. The lowest BCUT2D eigenvalue weighted by Crippen LogP contribution is -2.40. The van der Waals surface area contributed by atoms with Crippen LogP contribution in [0.4, 0.5) is 11.4 Å². The van der Waals surface area contributed by atoms with E-state index in [0.29, 0.717) is 5.69 Å². The second-order valence-electron chi connectivity index (χ2n) is 4.41. The van der Waals surface area contributed by atoms with E-state index in [1.54, 1.807) is 12.1 Å². The Kier molecular flexibility index (Phi) is 4.50.